The van der Waals surface area contributed by atoms with Crippen LogP contribution in [0.15, 0.2) is 82.9 Å². The lowest BCUT2D eigenvalue weighted by atomic mass is 9.95. The molecule has 0 bridgehead atoms. The number of furan rings is 1. The molecule has 1 atom stereocenters. The summed E-state index contributed by atoms with van der Waals surface area (Å²) in [6.07, 6.45) is 4.96. The van der Waals surface area contributed by atoms with Crippen molar-refractivity contribution in [1.82, 2.24) is 14.5 Å². The Morgan fingerprint density at radius 1 is 1.26 bits per heavy atom. The first-order valence-electron chi connectivity index (χ1n) is 11.8. The largest absolute Gasteiger partial charge is 0.463 e. The van der Waals surface area contributed by atoms with E-state index < -0.39 is 12.0 Å². The van der Waals surface area contributed by atoms with Gasteiger partial charge in [0.05, 0.1) is 32.9 Å². The number of fused-ring (bicyclic) bond motifs is 2. The third-order valence-corrected chi connectivity index (χ3v) is 8.62. The second-order valence-corrected chi connectivity index (χ2v) is 11.1. The maximum atomic E-state index is 13.8. The fourth-order valence-electron chi connectivity index (χ4n) is 4.25. The molecule has 198 valence electrons. The first kappa shape index (κ1) is 25.6. The van der Waals surface area contributed by atoms with E-state index in [4.69, 9.17) is 18.6 Å². The molecule has 2 aliphatic heterocycles. The summed E-state index contributed by atoms with van der Waals surface area (Å²) >= 11 is 5.97. The number of nitrogens with zero attached hydrogens (tertiary/aromatic N) is 4. The molecule has 0 unspecified atom stereocenters. The average molecular weight is 627 g/mol. The van der Waals surface area contributed by atoms with Crippen LogP contribution in [0.2, 0.25) is 0 Å². The van der Waals surface area contributed by atoms with Crippen molar-refractivity contribution in [2.75, 3.05) is 13.4 Å². The van der Waals surface area contributed by atoms with Gasteiger partial charge in [-0.2, -0.15) is 0 Å². The molecule has 3 aromatic heterocycles. The number of halogens is 1. The summed E-state index contributed by atoms with van der Waals surface area (Å²) in [7, 11) is 0. The topological polar surface area (TPSA) is 118 Å². The highest BCUT2D eigenvalue weighted by molar-refractivity contribution is 9.10. The summed E-state index contributed by atoms with van der Waals surface area (Å²) in [6.45, 7) is 3.77. The van der Waals surface area contributed by atoms with E-state index in [-0.39, 0.29) is 24.5 Å². The van der Waals surface area contributed by atoms with Gasteiger partial charge in [0.15, 0.2) is 26.5 Å². The van der Waals surface area contributed by atoms with Gasteiger partial charge in [-0.15, -0.1) is 0 Å². The van der Waals surface area contributed by atoms with E-state index in [0.29, 0.717) is 52.6 Å². The van der Waals surface area contributed by atoms with Crippen molar-refractivity contribution < 1.29 is 23.4 Å². The Morgan fingerprint density at radius 3 is 2.85 bits per heavy atom. The lowest BCUT2D eigenvalue weighted by Crippen LogP contribution is -2.39. The fraction of sp³-hybridized carbons (Fsp3) is 0.192. The van der Waals surface area contributed by atoms with Crippen LogP contribution in [0.4, 0.5) is 0 Å². The average Bonchev–Trinajstić information content (AvgIpc) is 3.61. The predicted octanol–water partition coefficient (Wildman–Crippen LogP) is 3.82. The van der Waals surface area contributed by atoms with Crippen LogP contribution in [0.25, 0.3) is 6.08 Å². The van der Waals surface area contributed by atoms with Crippen molar-refractivity contribution in [2.45, 2.75) is 30.1 Å². The number of thiazole rings is 1. The van der Waals surface area contributed by atoms with Crippen molar-refractivity contribution >= 4 is 51.1 Å². The second kappa shape index (κ2) is 10.5. The lowest BCUT2D eigenvalue weighted by molar-refractivity contribution is -0.139. The van der Waals surface area contributed by atoms with Crippen LogP contribution in [0, 0.1) is 0 Å². The minimum atomic E-state index is -0.762. The third kappa shape index (κ3) is 4.81. The minimum absolute atomic E-state index is 0.108. The number of hydrogen-bond donors (Lipinski definition) is 0. The number of hydrogen-bond acceptors (Lipinski definition) is 11. The number of ether oxygens (including phenoxy) is 3. The van der Waals surface area contributed by atoms with Crippen LogP contribution < -0.4 is 24.4 Å². The van der Waals surface area contributed by atoms with E-state index in [1.165, 1.54) is 27.7 Å². The molecule has 4 aromatic rings. The number of aromatic nitrogens is 3. The maximum Gasteiger partial charge on any atom is 0.338 e. The molecule has 0 spiro atoms. The predicted molar refractivity (Wildman–Crippen MR) is 146 cm³/mol. The highest BCUT2D eigenvalue weighted by Crippen LogP contribution is 2.38. The quantitative estimate of drug-likeness (QED) is 0.232. The molecule has 0 saturated heterocycles. The first-order chi connectivity index (χ1) is 18.9. The lowest BCUT2D eigenvalue weighted by Gasteiger charge is -2.24. The SMILES string of the molecule is CCOC(=O)C1=C(C)N=c2s/c(=C/c3cc(Br)c(Sc4ncccn4)o3)c(=O)n2[C@H]1c1ccc2c(c1)OCO2. The number of carbonyl (C=O) groups is 1. The maximum absolute atomic E-state index is 13.8. The Kier molecular flexibility index (Phi) is 6.87. The van der Waals surface area contributed by atoms with Crippen molar-refractivity contribution in [2.24, 2.45) is 4.99 Å². The Balaban J connectivity index is 1.46. The molecular formula is C26H19BrN4O6S2. The van der Waals surface area contributed by atoms with Gasteiger partial charge in [0.1, 0.15) is 5.76 Å². The Morgan fingerprint density at radius 2 is 2.05 bits per heavy atom. The van der Waals surface area contributed by atoms with E-state index in [1.54, 1.807) is 56.6 Å². The molecule has 5 heterocycles. The molecule has 0 radical (unpaired) electrons. The molecule has 2 aliphatic rings. The fourth-order valence-corrected chi connectivity index (χ4v) is 6.51. The summed E-state index contributed by atoms with van der Waals surface area (Å²) in [5.41, 5.74) is 1.12. The molecule has 6 rings (SSSR count). The highest BCUT2D eigenvalue weighted by atomic mass is 79.9. The standard InChI is InChI=1S/C26H19BrN4O6S2/c1-3-34-23(33)20-13(2)30-26-31(21(20)14-5-6-17-18(9-14)36-12-35-17)22(32)19(38-26)11-15-10-16(27)24(37-15)39-25-28-7-4-8-29-25/h4-11,21H,3,12H2,1-2H3/b19-11+/t21-/m0/s1. The van der Waals surface area contributed by atoms with Crippen molar-refractivity contribution in [3.63, 3.8) is 0 Å². The van der Waals surface area contributed by atoms with Gasteiger partial charge in [0, 0.05) is 18.5 Å². The monoisotopic (exact) mass is 626 g/mol. The van der Waals surface area contributed by atoms with Gasteiger partial charge in [0.2, 0.25) is 6.79 Å². The van der Waals surface area contributed by atoms with Crippen LogP contribution in [-0.4, -0.2) is 33.9 Å². The second-order valence-electron chi connectivity index (χ2n) is 8.33. The zero-order valence-corrected chi connectivity index (χ0v) is 23.8. The molecule has 10 nitrogen and oxygen atoms in total. The smallest absolute Gasteiger partial charge is 0.338 e. The van der Waals surface area contributed by atoms with E-state index in [9.17, 15) is 9.59 Å². The van der Waals surface area contributed by atoms with Crippen LogP contribution >= 0.6 is 39.0 Å². The molecule has 39 heavy (non-hydrogen) atoms. The Labute approximate surface area is 237 Å². The van der Waals surface area contributed by atoms with Gasteiger partial charge in [-0.3, -0.25) is 9.36 Å². The normalized spacial score (nSPS) is 16.3. The first-order valence-corrected chi connectivity index (χ1v) is 14.2. The molecule has 13 heteroatoms. The van der Waals surface area contributed by atoms with Crippen LogP contribution in [0.3, 0.4) is 0 Å². The number of benzene rings is 1. The Bertz CT molecular complexity index is 1810. The summed E-state index contributed by atoms with van der Waals surface area (Å²) in [4.78, 5) is 40.4. The summed E-state index contributed by atoms with van der Waals surface area (Å²) in [6, 6.07) is 8.10. The minimum Gasteiger partial charge on any atom is -0.463 e. The number of carbonyl (C=O) groups excluding carboxylic acids is 1. The Hall–Kier alpha value is -3.68. The summed E-state index contributed by atoms with van der Waals surface area (Å²) in [5.74, 6) is 1.07. The van der Waals surface area contributed by atoms with E-state index in [2.05, 4.69) is 30.9 Å². The molecule has 0 N–H and O–H groups in total. The molecular weight excluding hydrogens is 608 g/mol. The third-order valence-electron chi connectivity index (χ3n) is 5.90. The number of allylic oxidation sites excluding steroid dienone is 1. The number of rotatable bonds is 6. The zero-order chi connectivity index (χ0) is 27.1. The van der Waals surface area contributed by atoms with Gasteiger partial charge in [-0.05, 0) is 71.4 Å². The number of esters is 1. The van der Waals surface area contributed by atoms with Gasteiger partial charge >= 0.3 is 5.97 Å². The van der Waals surface area contributed by atoms with Gasteiger partial charge in [0.25, 0.3) is 5.56 Å². The van der Waals surface area contributed by atoms with Gasteiger partial charge in [-0.1, -0.05) is 17.4 Å². The molecule has 0 amide bonds. The molecule has 0 fully saturated rings. The van der Waals surface area contributed by atoms with Gasteiger partial charge < -0.3 is 18.6 Å². The van der Waals surface area contributed by atoms with Crippen molar-refractivity contribution in [3.8, 4) is 11.5 Å². The molecule has 1 aromatic carbocycles. The molecule has 0 aliphatic carbocycles. The van der Waals surface area contributed by atoms with Crippen molar-refractivity contribution in [1.29, 1.82) is 0 Å². The zero-order valence-electron chi connectivity index (χ0n) is 20.5. The van der Waals surface area contributed by atoms with Gasteiger partial charge in [-0.25, -0.2) is 19.8 Å². The summed E-state index contributed by atoms with van der Waals surface area (Å²) in [5, 5.41) is 1.09. The van der Waals surface area contributed by atoms with Crippen LogP contribution in [0.1, 0.15) is 31.2 Å². The van der Waals surface area contributed by atoms with E-state index in [0.717, 1.165) is 0 Å². The van der Waals surface area contributed by atoms with Crippen LogP contribution in [0.5, 0.6) is 11.5 Å². The van der Waals surface area contributed by atoms with E-state index >= 15 is 0 Å². The van der Waals surface area contributed by atoms with Crippen LogP contribution in [-0.2, 0) is 9.53 Å². The summed E-state index contributed by atoms with van der Waals surface area (Å²) < 4.78 is 25.0. The van der Waals surface area contributed by atoms with E-state index in [1.807, 2.05) is 6.07 Å². The van der Waals surface area contributed by atoms with Crippen molar-refractivity contribution in [3.05, 3.63) is 89.5 Å². The molecule has 0 saturated carbocycles. The highest BCUT2D eigenvalue weighted by Gasteiger charge is 2.34.